The number of carbonyl (C=O) groups is 1. The van der Waals surface area contributed by atoms with Crippen LogP contribution < -0.4 is 4.72 Å². The van der Waals surface area contributed by atoms with E-state index in [2.05, 4.69) is 9.62 Å². The lowest BCUT2D eigenvalue weighted by Gasteiger charge is -2.38. The van der Waals surface area contributed by atoms with Gasteiger partial charge in [-0.05, 0) is 37.1 Å². The Morgan fingerprint density at radius 3 is 2.57 bits per heavy atom. The van der Waals surface area contributed by atoms with Crippen molar-refractivity contribution in [1.29, 1.82) is 0 Å². The third-order valence-electron chi connectivity index (χ3n) is 5.51. The predicted octanol–water partition coefficient (Wildman–Crippen LogP) is 4.27. The molecule has 2 aliphatic rings. The molecule has 2 unspecified atom stereocenters. The van der Waals surface area contributed by atoms with Crippen LogP contribution in [0.4, 0.5) is 5.69 Å². The first-order valence-corrected chi connectivity index (χ1v) is 13.5. The molecular weight excluding hydrogens is 457 g/mol. The number of thiophene rings is 1. The van der Waals surface area contributed by atoms with E-state index in [-0.39, 0.29) is 10.8 Å². The SMILES string of the molecule is CC(C)S(=O)c1ccc(S(=O)Nc2ccccc2C(=S)N2CCC(=O)CC23CC3)s1. The third kappa shape index (κ3) is 4.30. The maximum Gasteiger partial charge on any atom is 0.160 e. The maximum atomic E-state index is 13.0. The van der Waals surface area contributed by atoms with Crippen LogP contribution in [0.3, 0.4) is 0 Å². The average molecular weight is 481 g/mol. The molecule has 5 nitrogen and oxygen atoms in total. The highest BCUT2D eigenvalue weighted by molar-refractivity contribution is 7.91. The number of Topliss-reactive ketones (excluding diaryl/α,β-unsaturated/α-hetero) is 1. The first-order valence-electron chi connectivity index (χ1n) is 9.92. The normalized spacial score (nSPS) is 19.7. The Morgan fingerprint density at radius 2 is 1.87 bits per heavy atom. The molecule has 1 N–H and O–H groups in total. The van der Waals surface area contributed by atoms with Gasteiger partial charge in [-0.2, -0.15) is 0 Å². The number of nitrogens with zero attached hydrogens (tertiary/aromatic N) is 1. The Hall–Kier alpha value is -1.42. The van der Waals surface area contributed by atoms with E-state index >= 15 is 0 Å². The van der Waals surface area contributed by atoms with Gasteiger partial charge in [0.2, 0.25) is 0 Å². The Labute approximate surface area is 191 Å². The third-order valence-corrected chi connectivity index (χ3v) is 10.4. The number of ketones is 1. The van der Waals surface area contributed by atoms with E-state index in [4.69, 9.17) is 12.2 Å². The van der Waals surface area contributed by atoms with E-state index in [1.54, 1.807) is 12.1 Å². The summed E-state index contributed by atoms with van der Waals surface area (Å²) in [5.41, 5.74) is 1.42. The van der Waals surface area contributed by atoms with Gasteiger partial charge in [-0.25, -0.2) is 4.21 Å². The summed E-state index contributed by atoms with van der Waals surface area (Å²) in [6.07, 6.45) is 3.07. The minimum absolute atomic E-state index is 0.0159. The van der Waals surface area contributed by atoms with Gasteiger partial charge in [0, 0.05) is 35.7 Å². The smallest absolute Gasteiger partial charge is 0.160 e. The number of likely N-dealkylation sites (tertiary alicyclic amines) is 1. The quantitative estimate of drug-likeness (QED) is 0.626. The highest BCUT2D eigenvalue weighted by Crippen LogP contribution is 2.48. The predicted molar refractivity (Wildman–Crippen MR) is 127 cm³/mol. The van der Waals surface area contributed by atoms with Crippen molar-refractivity contribution in [2.75, 3.05) is 11.3 Å². The van der Waals surface area contributed by atoms with E-state index in [1.807, 2.05) is 38.1 Å². The van der Waals surface area contributed by atoms with Crippen molar-refractivity contribution in [3.05, 3.63) is 42.0 Å². The van der Waals surface area contributed by atoms with E-state index < -0.39 is 21.8 Å². The minimum Gasteiger partial charge on any atom is -0.356 e. The van der Waals surface area contributed by atoms with Crippen molar-refractivity contribution >= 4 is 61.8 Å². The fourth-order valence-electron chi connectivity index (χ4n) is 3.73. The van der Waals surface area contributed by atoms with Gasteiger partial charge >= 0.3 is 0 Å². The van der Waals surface area contributed by atoms with E-state index in [0.29, 0.717) is 40.1 Å². The molecule has 0 radical (unpaired) electrons. The number of nitrogens with one attached hydrogen (secondary N) is 1. The molecule has 1 spiro atoms. The van der Waals surface area contributed by atoms with Crippen LogP contribution in [0.25, 0.3) is 0 Å². The zero-order valence-corrected chi connectivity index (χ0v) is 20.1. The standard InChI is InChI=1S/C21H24N2O3S4/c1-14(2)29(25)18-7-8-19(28-18)30(26)22-17-6-4-3-5-16(17)20(27)23-12-9-15(24)13-21(23)10-11-21/h3-8,14,22H,9-13H2,1-2H3. The van der Waals surface area contributed by atoms with E-state index in [9.17, 15) is 13.2 Å². The minimum atomic E-state index is -1.48. The van der Waals surface area contributed by atoms with Crippen molar-refractivity contribution < 1.29 is 13.2 Å². The van der Waals surface area contributed by atoms with Crippen LogP contribution in [0.5, 0.6) is 0 Å². The molecule has 2 heterocycles. The van der Waals surface area contributed by atoms with Crippen molar-refractivity contribution in [1.82, 2.24) is 4.90 Å². The van der Waals surface area contributed by atoms with Gasteiger partial charge in [0.1, 0.15) is 15.0 Å². The Kier molecular flexibility index (Phi) is 6.25. The molecule has 2 aromatic rings. The van der Waals surface area contributed by atoms with Gasteiger partial charge in [-0.15, -0.1) is 11.3 Å². The topological polar surface area (TPSA) is 66.5 Å². The number of hydrogen-bond acceptors (Lipinski definition) is 5. The number of thiocarbonyl (C=S) groups is 1. The van der Waals surface area contributed by atoms with Crippen LogP contribution in [0, 0.1) is 0 Å². The number of rotatable bonds is 6. The van der Waals surface area contributed by atoms with Crippen LogP contribution in [0.2, 0.25) is 0 Å². The zero-order valence-electron chi connectivity index (χ0n) is 16.9. The number of carbonyl (C=O) groups excluding carboxylic acids is 1. The van der Waals surface area contributed by atoms with E-state index in [0.717, 1.165) is 22.6 Å². The number of benzene rings is 1. The van der Waals surface area contributed by atoms with Crippen LogP contribution in [0.1, 0.15) is 45.1 Å². The summed E-state index contributed by atoms with van der Waals surface area (Å²) in [5.74, 6) is 0.311. The fourth-order valence-corrected chi connectivity index (χ4v) is 8.03. The van der Waals surface area contributed by atoms with Gasteiger partial charge in [0.05, 0.1) is 20.7 Å². The molecule has 2 fully saturated rings. The molecule has 1 aromatic heterocycles. The van der Waals surface area contributed by atoms with Crippen molar-refractivity contribution in [3.8, 4) is 0 Å². The van der Waals surface area contributed by atoms with Gasteiger partial charge in [-0.1, -0.05) is 38.2 Å². The summed E-state index contributed by atoms with van der Waals surface area (Å²) in [4.78, 5) is 14.8. The Balaban J connectivity index is 1.54. The van der Waals surface area contributed by atoms with E-state index in [1.165, 1.54) is 11.3 Å². The molecule has 0 bridgehead atoms. The number of anilines is 1. The molecule has 4 rings (SSSR count). The molecule has 0 amide bonds. The second-order valence-corrected chi connectivity index (χ2v) is 13.1. The molecular formula is C21H24N2O3S4. The molecule has 1 aliphatic heterocycles. The molecule has 2 atom stereocenters. The molecule has 1 aromatic carbocycles. The molecule has 9 heteroatoms. The van der Waals surface area contributed by atoms with Gasteiger partial charge in [0.15, 0.2) is 11.0 Å². The van der Waals surface area contributed by atoms with Gasteiger partial charge in [-0.3, -0.25) is 13.7 Å². The Morgan fingerprint density at radius 1 is 1.17 bits per heavy atom. The summed E-state index contributed by atoms with van der Waals surface area (Å²) in [6.45, 7) is 4.45. The molecule has 1 aliphatic carbocycles. The monoisotopic (exact) mass is 480 g/mol. The number of piperidine rings is 1. The lowest BCUT2D eigenvalue weighted by molar-refractivity contribution is -0.122. The summed E-state index contributed by atoms with van der Waals surface area (Å²) in [6, 6.07) is 11.1. The lowest BCUT2D eigenvalue weighted by Crippen LogP contribution is -2.48. The molecule has 160 valence electrons. The highest BCUT2D eigenvalue weighted by Gasteiger charge is 2.52. The summed E-state index contributed by atoms with van der Waals surface area (Å²) < 4.78 is 29.7. The lowest BCUT2D eigenvalue weighted by atomic mass is 9.97. The average Bonchev–Trinajstić information content (AvgIpc) is 3.28. The van der Waals surface area contributed by atoms with Crippen LogP contribution >= 0.6 is 23.6 Å². The molecule has 1 saturated heterocycles. The van der Waals surface area contributed by atoms with Crippen LogP contribution in [-0.4, -0.2) is 41.4 Å². The highest BCUT2D eigenvalue weighted by atomic mass is 32.2. The largest absolute Gasteiger partial charge is 0.356 e. The maximum absolute atomic E-state index is 13.0. The van der Waals surface area contributed by atoms with Crippen molar-refractivity contribution in [2.45, 2.75) is 58.7 Å². The zero-order chi connectivity index (χ0) is 21.5. The first kappa shape index (κ1) is 21.8. The van der Waals surface area contributed by atoms with Crippen LogP contribution in [0.15, 0.2) is 44.8 Å². The molecule has 1 saturated carbocycles. The number of para-hydroxylation sites is 1. The summed E-state index contributed by atoms with van der Waals surface area (Å²) >= 11 is 7.14. The second-order valence-electron chi connectivity index (χ2n) is 7.98. The first-order chi connectivity index (χ1) is 14.3. The Bertz CT molecular complexity index is 1040. The summed E-state index contributed by atoms with van der Waals surface area (Å²) in [7, 11) is -2.58. The van der Waals surface area contributed by atoms with Crippen LogP contribution in [-0.2, 0) is 26.6 Å². The fraction of sp³-hybridized carbons (Fsp3) is 0.429. The van der Waals surface area contributed by atoms with Crippen molar-refractivity contribution in [2.24, 2.45) is 0 Å². The second kappa shape index (κ2) is 8.61. The number of hydrogen-bond donors (Lipinski definition) is 1. The molecule has 30 heavy (non-hydrogen) atoms. The van der Waals surface area contributed by atoms with Gasteiger partial charge in [0.25, 0.3) is 0 Å². The van der Waals surface area contributed by atoms with Crippen molar-refractivity contribution in [3.63, 3.8) is 0 Å². The summed E-state index contributed by atoms with van der Waals surface area (Å²) in [5, 5.41) is 0.0159. The van der Waals surface area contributed by atoms with Gasteiger partial charge < -0.3 is 4.90 Å².